The number of hydrogen-bond donors (Lipinski definition) is 1. The lowest BCUT2D eigenvalue weighted by atomic mass is 9.86. The van der Waals surface area contributed by atoms with E-state index in [1.54, 1.807) is 24.3 Å². The summed E-state index contributed by atoms with van der Waals surface area (Å²) < 4.78 is 0. The number of amides is 2. The van der Waals surface area contributed by atoms with Crippen molar-refractivity contribution in [3.63, 3.8) is 0 Å². The Morgan fingerprint density at radius 1 is 1.04 bits per heavy atom. The maximum atomic E-state index is 12.1. The topological polar surface area (TPSA) is 45.2 Å². The van der Waals surface area contributed by atoms with Crippen LogP contribution < -0.4 is 5.32 Å². The number of carbonyl (C=O) groups is 1. The summed E-state index contributed by atoms with van der Waals surface area (Å²) in [5.41, 5.74) is 3.80. The van der Waals surface area contributed by atoms with Crippen molar-refractivity contribution in [2.24, 2.45) is 0 Å². The molecule has 0 aliphatic carbocycles. The number of urea groups is 1. The predicted octanol–water partition coefficient (Wildman–Crippen LogP) is 3.76. The summed E-state index contributed by atoms with van der Waals surface area (Å²) in [4.78, 5) is 17.8. The average Bonchev–Trinajstić information content (AvgIpc) is 2.55. The molecule has 0 saturated heterocycles. The van der Waals surface area contributed by atoms with Gasteiger partial charge in [0.25, 0.3) is 0 Å². The molecule has 0 spiro atoms. The zero-order chi connectivity index (χ0) is 17.6. The number of nitrogens with one attached hydrogen (secondary N) is 1. The summed E-state index contributed by atoms with van der Waals surface area (Å²) in [6.45, 7) is 7.84. The van der Waals surface area contributed by atoms with Crippen LogP contribution in [0.5, 0.6) is 0 Å². The minimum Gasteiger partial charge on any atom is -0.338 e. The maximum Gasteiger partial charge on any atom is 0.317 e. The van der Waals surface area contributed by atoms with Gasteiger partial charge in [-0.1, -0.05) is 45.0 Å². The second-order valence-corrected chi connectivity index (χ2v) is 7.14. The average molecular weight is 325 g/mol. The third-order valence-corrected chi connectivity index (χ3v) is 4.03. The Labute approximate surface area is 144 Å². The number of aromatic nitrogens is 1. The molecule has 128 valence electrons. The highest BCUT2D eigenvalue weighted by Crippen LogP contribution is 2.22. The van der Waals surface area contributed by atoms with Crippen LogP contribution in [0.25, 0.3) is 0 Å². The molecule has 2 rings (SSSR count). The molecule has 0 fully saturated rings. The molecule has 0 aliphatic heterocycles. The van der Waals surface area contributed by atoms with E-state index in [0.717, 1.165) is 12.0 Å². The summed E-state index contributed by atoms with van der Waals surface area (Å²) in [5, 5.41) is 2.97. The van der Waals surface area contributed by atoms with E-state index in [1.807, 2.05) is 12.1 Å². The van der Waals surface area contributed by atoms with E-state index in [2.05, 4.69) is 55.3 Å². The highest BCUT2D eigenvalue weighted by atomic mass is 16.2. The molecule has 0 unspecified atom stereocenters. The molecular formula is C20H27N3O. The molecule has 2 amide bonds. The number of hydrogen-bond acceptors (Lipinski definition) is 2. The maximum absolute atomic E-state index is 12.1. The van der Waals surface area contributed by atoms with Crippen molar-refractivity contribution >= 4 is 6.03 Å². The lowest BCUT2D eigenvalue weighted by Gasteiger charge is -2.19. The fraction of sp³-hybridized carbons (Fsp3) is 0.400. The smallest absolute Gasteiger partial charge is 0.317 e. The second-order valence-electron chi connectivity index (χ2n) is 7.14. The van der Waals surface area contributed by atoms with Gasteiger partial charge in [-0.25, -0.2) is 4.79 Å². The molecule has 1 N–H and O–H groups in total. The first-order valence-electron chi connectivity index (χ1n) is 8.33. The Kier molecular flexibility index (Phi) is 5.96. The van der Waals surface area contributed by atoms with Crippen LogP contribution in [-0.2, 0) is 18.4 Å². The van der Waals surface area contributed by atoms with Crippen molar-refractivity contribution in [1.82, 2.24) is 15.2 Å². The molecule has 0 aliphatic rings. The zero-order valence-electron chi connectivity index (χ0n) is 15.0. The van der Waals surface area contributed by atoms with Gasteiger partial charge in [-0.05, 0) is 40.7 Å². The fourth-order valence-corrected chi connectivity index (χ4v) is 2.45. The molecule has 24 heavy (non-hydrogen) atoms. The van der Waals surface area contributed by atoms with E-state index in [0.29, 0.717) is 13.1 Å². The van der Waals surface area contributed by atoms with E-state index in [9.17, 15) is 4.79 Å². The summed E-state index contributed by atoms with van der Waals surface area (Å²) >= 11 is 0. The van der Waals surface area contributed by atoms with Crippen molar-refractivity contribution in [1.29, 1.82) is 0 Å². The van der Waals surface area contributed by atoms with Crippen LogP contribution in [0.15, 0.2) is 48.8 Å². The molecule has 0 radical (unpaired) electrons. The summed E-state index contributed by atoms with van der Waals surface area (Å²) in [6.07, 6.45) is 4.31. The number of nitrogens with zero attached hydrogens (tertiary/aromatic N) is 2. The lowest BCUT2D eigenvalue weighted by molar-refractivity contribution is 0.207. The van der Waals surface area contributed by atoms with Gasteiger partial charge in [0.2, 0.25) is 0 Å². The van der Waals surface area contributed by atoms with Gasteiger partial charge in [-0.15, -0.1) is 0 Å². The summed E-state index contributed by atoms with van der Waals surface area (Å²) in [5.74, 6) is 0. The monoisotopic (exact) mass is 325 g/mol. The summed E-state index contributed by atoms with van der Waals surface area (Å²) in [7, 11) is 1.80. The largest absolute Gasteiger partial charge is 0.338 e. The number of carbonyl (C=O) groups excluding carboxylic acids is 1. The molecule has 4 heteroatoms. The zero-order valence-corrected chi connectivity index (χ0v) is 15.0. The molecule has 1 heterocycles. The van der Waals surface area contributed by atoms with E-state index in [1.165, 1.54) is 11.1 Å². The first-order valence-corrected chi connectivity index (χ1v) is 8.33. The molecule has 1 aromatic heterocycles. The molecule has 4 nitrogen and oxygen atoms in total. The van der Waals surface area contributed by atoms with Gasteiger partial charge in [-0.2, -0.15) is 0 Å². The van der Waals surface area contributed by atoms with Crippen LogP contribution in [0.2, 0.25) is 0 Å². The number of rotatable bonds is 5. The van der Waals surface area contributed by atoms with Gasteiger partial charge >= 0.3 is 6.03 Å². The minimum absolute atomic E-state index is 0.0573. The van der Waals surface area contributed by atoms with Crippen molar-refractivity contribution in [3.8, 4) is 0 Å². The van der Waals surface area contributed by atoms with Gasteiger partial charge in [-0.3, -0.25) is 4.98 Å². The molecule has 0 bridgehead atoms. The van der Waals surface area contributed by atoms with Gasteiger partial charge in [0.05, 0.1) is 0 Å². The Bertz CT molecular complexity index is 645. The van der Waals surface area contributed by atoms with Crippen molar-refractivity contribution < 1.29 is 4.79 Å². The van der Waals surface area contributed by atoms with E-state index in [4.69, 9.17) is 0 Å². The van der Waals surface area contributed by atoms with Gasteiger partial charge in [0.15, 0.2) is 0 Å². The molecule has 2 aromatic rings. The van der Waals surface area contributed by atoms with E-state index >= 15 is 0 Å². The standard InChI is InChI=1S/C20H27N3O/c1-20(2,3)18-7-5-16(6-8-18)11-14-22-19(24)23(4)15-17-9-12-21-13-10-17/h5-10,12-13H,11,14-15H2,1-4H3,(H,22,24). The van der Waals surface area contributed by atoms with Crippen molar-refractivity contribution in [3.05, 3.63) is 65.5 Å². The molecular weight excluding hydrogens is 298 g/mol. The fourth-order valence-electron chi connectivity index (χ4n) is 2.45. The third-order valence-electron chi connectivity index (χ3n) is 4.03. The summed E-state index contributed by atoms with van der Waals surface area (Å²) in [6, 6.07) is 12.4. The second kappa shape index (κ2) is 7.95. The molecule has 1 aromatic carbocycles. The number of benzene rings is 1. The number of pyridine rings is 1. The Hall–Kier alpha value is -2.36. The lowest BCUT2D eigenvalue weighted by Crippen LogP contribution is -2.37. The normalized spacial score (nSPS) is 11.2. The highest BCUT2D eigenvalue weighted by Gasteiger charge is 2.13. The first-order chi connectivity index (χ1) is 11.4. The van der Waals surface area contributed by atoms with Crippen LogP contribution in [0.4, 0.5) is 4.79 Å². The third kappa shape index (κ3) is 5.37. The molecule has 0 saturated carbocycles. The van der Waals surface area contributed by atoms with Gasteiger partial charge in [0.1, 0.15) is 0 Å². The van der Waals surface area contributed by atoms with E-state index < -0.39 is 0 Å². The van der Waals surface area contributed by atoms with Crippen LogP contribution in [0.3, 0.4) is 0 Å². The SMILES string of the molecule is CN(Cc1ccncc1)C(=O)NCCc1ccc(C(C)(C)C)cc1. The van der Waals surface area contributed by atoms with E-state index in [-0.39, 0.29) is 11.4 Å². The Morgan fingerprint density at radius 3 is 2.25 bits per heavy atom. The quantitative estimate of drug-likeness (QED) is 0.909. The van der Waals surface area contributed by atoms with Gasteiger partial charge < -0.3 is 10.2 Å². The van der Waals surface area contributed by atoms with Crippen molar-refractivity contribution in [2.45, 2.75) is 39.2 Å². The van der Waals surface area contributed by atoms with Crippen LogP contribution in [0, 0.1) is 0 Å². The Balaban J connectivity index is 1.78. The van der Waals surface area contributed by atoms with Crippen LogP contribution in [0.1, 0.15) is 37.5 Å². The van der Waals surface area contributed by atoms with Gasteiger partial charge in [0, 0.05) is 32.5 Å². The highest BCUT2D eigenvalue weighted by molar-refractivity contribution is 5.73. The Morgan fingerprint density at radius 2 is 1.67 bits per heavy atom. The minimum atomic E-state index is -0.0573. The predicted molar refractivity (Wildman–Crippen MR) is 97.9 cm³/mol. The molecule has 0 atom stereocenters. The first kappa shape index (κ1) is 18.0. The van der Waals surface area contributed by atoms with Crippen LogP contribution >= 0.6 is 0 Å². The van der Waals surface area contributed by atoms with Crippen LogP contribution in [-0.4, -0.2) is 29.5 Å². The van der Waals surface area contributed by atoms with Crippen molar-refractivity contribution in [2.75, 3.05) is 13.6 Å².